The molecule has 4 heterocycles. The highest BCUT2D eigenvalue weighted by molar-refractivity contribution is 9.09. The van der Waals surface area contributed by atoms with Crippen LogP contribution in [0.1, 0.15) is 51.2 Å². The number of likely N-dealkylation sites (tertiary alicyclic amines) is 1. The summed E-state index contributed by atoms with van der Waals surface area (Å²) in [5, 5.41) is 22.4. The standard InChI is InChI=1S/C41H51BrN6O8/c1-6-9-19-32(50)43-29(23-54-5)35(26-15-11-10-12-16-26)55-40(53)33-34-38(51)48(31(22-49)25(4)8-3)37(41(34)21-27(42)36(33)56-41)39(52)46(20-7-2)24-47-30-18-14-13-17-28(30)44-45-47/h6-7,10-18,25,27,29,31,33-37,49H,1-2,8-9,19-24H2,3-5H3,(H,43,50)/t25-,27?,29-,31-,33+,34-,35-,36+,37+,41-/m0/s1. The number of methoxy groups -OCH3 is 1. The van der Waals surface area contributed by atoms with Crippen LogP contribution in [-0.4, -0.2) is 115 Å². The van der Waals surface area contributed by atoms with Crippen molar-refractivity contribution in [3.63, 3.8) is 0 Å². The van der Waals surface area contributed by atoms with Gasteiger partial charge in [-0.3, -0.25) is 19.2 Å². The lowest BCUT2D eigenvalue weighted by Crippen LogP contribution is -2.60. The number of benzene rings is 2. The fraction of sp³-hybridized carbons (Fsp3) is 0.512. The van der Waals surface area contributed by atoms with Crippen molar-refractivity contribution in [2.45, 2.75) is 87.0 Å². The fourth-order valence-corrected chi connectivity index (χ4v) is 9.59. The minimum Gasteiger partial charge on any atom is -0.455 e. The zero-order chi connectivity index (χ0) is 40.1. The monoisotopic (exact) mass is 834 g/mol. The Morgan fingerprint density at radius 1 is 1.16 bits per heavy atom. The van der Waals surface area contributed by atoms with Crippen molar-refractivity contribution in [3.8, 4) is 0 Å². The Morgan fingerprint density at radius 3 is 2.57 bits per heavy atom. The van der Waals surface area contributed by atoms with E-state index in [1.54, 1.807) is 46.0 Å². The Kier molecular flexibility index (Phi) is 13.1. The van der Waals surface area contributed by atoms with Crippen LogP contribution in [0.25, 0.3) is 11.0 Å². The van der Waals surface area contributed by atoms with E-state index in [0.717, 1.165) is 5.52 Å². The summed E-state index contributed by atoms with van der Waals surface area (Å²) < 4.78 is 20.3. The SMILES string of the molecule is C=CCCC(=O)N[C@@H](COC)[C@@H](OC(=O)[C@H]1[C@@H]2O[C@@]3(CC2Br)[C@@H]1C(=O)N([C@@H](CO)[C@@H](C)CC)[C@@H]3C(=O)N(CC=C)Cn1nnc2ccccc21)c1ccccc1. The van der Waals surface area contributed by atoms with E-state index in [0.29, 0.717) is 23.9 Å². The molecule has 2 aromatic carbocycles. The number of ether oxygens (including phenoxy) is 3. The Hall–Kier alpha value is -4.44. The molecule has 0 saturated carbocycles. The summed E-state index contributed by atoms with van der Waals surface area (Å²) in [6.07, 6.45) is 2.97. The van der Waals surface area contributed by atoms with E-state index in [2.05, 4.69) is 44.7 Å². The van der Waals surface area contributed by atoms with Crippen LogP contribution in [0.5, 0.6) is 0 Å². The van der Waals surface area contributed by atoms with E-state index in [1.807, 2.05) is 44.2 Å². The molecule has 300 valence electrons. The summed E-state index contributed by atoms with van der Waals surface area (Å²) in [6, 6.07) is 13.7. The Bertz CT molecular complexity index is 1910. The number of aliphatic hydroxyl groups excluding tert-OH is 1. The molecule has 3 aromatic rings. The van der Waals surface area contributed by atoms with Crippen molar-refractivity contribution in [3.05, 3.63) is 85.5 Å². The lowest BCUT2D eigenvalue weighted by atomic mass is 9.70. The second-order valence-electron chi connectivity index (χ2n) is 14.8. The maximum Gasteiger partial charge on any atom is 0.313 e. The summed E-state index contributed by atoms with van der Waals surface area (Å²) in [7, 11) is 1.49. The molecular weight excluding hydrogens is 784 g/mol. The van der Waals surface area contributed by atoms with Crippen molar-refractivity contribution in [1.82, 2.24) is 30.1 Å². The molecule has 3 aliphatic heterocycles. The van der Waals surface area contributed by atoms with Gasteiger partial charge in [-0.15, -0.1) is 18.3 Å². The first-order chi connectivity index (χ1) is 27.0. The predicted molar refractivity (Wildman–Crippen MR) is 211 cm³/mol. The van der Waals surface area contributed by atoms with Gasteiger partial charge in [-0.2, -0.15) is 0 Å². The largest absolute Gasteiger partial charge is 0.455 e. The zero-order valence-electron chi connectivity index (χ0n) is 32.0. The number of nitrogens with zero attached hydrogens (tertiary/aromatic N) is 5. The van der Waals surface area contributed by atoms with Gasteiger partial charge < -0.3 is 34.4 Å². The van der Waals surface area contributed by atoms with Gasteiger partial charge in [-0.1, -0.05) is 96.0 Å². The summed E-state index contributed by atoms with van der Waals surface area (Å²) in [4.78, 5) is 60.6. The molecule has 0 radical (unpaired) electrons. The average molecular weight is 836 g/mol. The Labute approximate surface area is 335 Å². The van der Waals surface area contributed by atoms with Crippen LogP contribution < -0.4 is 5.32 Å². The smallest absolute Gasteiger partial charge is 0.313 e. The number of rotatable bonds is 19. The van der Waals surface area contributed by atoms with Crippen LogP contribution >= 0.6 is 15.9 Å². The van der Waals surface area contributed by atoms with Crippen LogP contribution in [0.4, 0.5) is 0 Å². The number of aliphatic hydroxyl groups is 1. The highest BCUT2D eigenvalue weighted by atomic mass is 79.9. The fourth-order valence-electron chi connectivity index (χ4n) is 8.64. The van der Waals surface area contributed by atoms with E-state index in [4.69, 9.17) is 14.2 Å². The number of hydrogen-bond donors (Lipinski definition) is 2. The van der Waals surface area contributed by atoms with Crippen LogP contribution in [0.2, 0.25) is 0 Å². The number of para-hydroxylation sites is 1. The number of carbonyl (C=O) groups excluding carboxylic acids is 4. The van der Waals surface area contributed by atoms with Crippen LogP contribution in [0.3, 0.4) is 0 Å². The minimum atomic E-state index is -1.44. The highest BCUT2D eigenvalue weighted by Gasteiger charge is 2.78. The first-order valence-electron chi connectivity index (χ1n) is 19.1. The summed E-state index contributed by atoms with van der Waals surface area (Å²) in [5.41, 5.74) is 0.558. The zero-order valence-corrected chi connectivity index (χ0v) is 33.6. The van der Waals surface area contributed by atoms with Gasteiger partial charge in [0.2, 0.25) is 17.7 Å². The van der Waals surface area contributed by atoms with Crippen molar-refractivity contribution in [2.24, 2.45) is 17.8 Å². The van der Waals surface area contributed by atoms with E-state index in [1.165, 1.54) is 12.0 Å². The quantitative estimate of drug-likeness (QED) is 0.103. The molecule has 0 aliphatic carbocycles. The van der Waals surface area contributed by atoms with E-state index in [9.17, 15) is 14.7 Å². The van der Waals surface area contributed by atoms with Gasteiger partial charge in [0.25, 0.3) is 0 Å². The number of halogens is 1. The minimum absolute atomic E-state index is 0.00255. The lowest BCUT2D eigenvalue weighted by Gasteiger charge is -2.40. The topological polar surface area (TPSA) is 165 Å². The predicted octanol–water partition coefficient (Wildman–Crippen LogP) is 3.94. The molecule has 3 aliphatic rings. The number of aromatic nitrogens is 3. The maximum atomic E-state index is 15.2. The molecule has 14 nitrogen and oxygen atoms in total. The molecule has 1 unspecified atom stereocenters. The van der Waals surface area contributed by atoms with Gasteiger partial charge >= 0.3 is 5.97 Å². The third-order valence-electron chi connectivity index (χ3n) is 11.5. The molecule has 1 spiro atoms. The molecule has 2 bridgehead atoms. The molecular formula is C41H51BrN6O8. The van der Waals surface area contributed by atoms with Crippen molar-refractivity contribution in [1.29, 1.82) is 0 Å². The van der Waals surface area contributed by atoms with E-state index >= 15 is 9.59 Å². The molecule has 3 amide bonds. The third kappa shape index (κ3) is 7.65. The maximum absolute atomic E-state index is 15.2. The van der Waals surface area contributed by atoms with Gasteiger partial charge in [-0.25, -0.2) is 4.68 Å². The van der Waals surface area contributed by atoms with Gasteiger partial charge in [0.1, 0.15) is 29.9 Å². The molecule has 15 heteroatoms. The van der Waals surface area contributed by atoms with Gasteiger partial charge in [0, 0.05) is 24.9 Å². The van der Waals surface area contributed by atoms with E-state index in [-0.39, 0.29) is 44.5 Å². The molecule has 3 saturated heterocycles. The van der Waals surface area contributed by atoms with Crippen LogP contribution in [0.15, 0.2) is 79.9 Å². The number of alkyl halides is 1. The van der Waals surface area contributed by atoms with Crippen LogP contribution in [0, 0.1) is 17.8 Å². The Balaban J connectivity index is 1.39. The van der Waals surface area contributed by atoms with Crippen LogP contribution in [-0.2, 0) is 40.1 Å². The molecule has 2 N–H and O–H groups in total. The number of allylic oxidation sites excluding steroid dienone is 1. The normalized spacial score (nSPS) is 26.0. The second-order valence-corrected chi connectivity index (χ2v) is 16.0. The lowest BCUT2D eigenvalue weighted by molar-refractivity contribution is -0.164. The molecule has 56 heavy (non-hydrogen) atoms. The van der Waals surface area contributed by atoms with E-state index < -0.39 is 77.0 Å². The number of carbonyl (C=O) groups is 4. The molecule has 6 rings (SSSR count). The summed E-state index contributed by atoms with van der Waals surface area (Å²) in [5.74, 6) is -4.28. The number of nitrogens with one attached hydrogen (secondary N) is 1. The van der Waals surface area contributed by atoms with Crippen molar-refractivity contribution >= 4 is 50.7 Å². The molecule has 1 aromatic heterocycles. The Morgan fingerprint density at radius 2 is 1.89 bits per heavy atom. The summed E-state index contributed by atoms with van der Waals surface area (Å²) >= 11 is 3.75. The average Bonchev–Trinajstić information content (AvgIpc) is 3.93. The van der Waals surface area contributed by atoms with Crippen molar-refractivity contribution < 1.29 is 38.5 Å². The second kappa shape index (κ2) is 17.8. The number of esters is 1. The van der Waals surface area contributed by atoms with Gasteiger partial charge in [-0.05, 0) is 36.5 Å². The molecule has 10 atom stereocenters. The van der Waals surface area contributed by atoms with Gasteiger partial charge in [0.15, 0.2) is 0 Å². The first-order valence-corrected chi connectivity index (χ1v) is 20.0. The highest BCUT2D eigenvalue weighted by Crippen LogP contribution is 2.61. The number of fused-ring (bicyclic) bond motifs is 2. The number of amides is 3. The van der Waals surface area contributed by atoms with Crippen molar-refractivity contribution in [2.75, 3.05) is 26.9 Å². The molecule has 3 fully saturated rings. The summed E-state index contributed by atoms with van der Waals surface area (Å²) in [6.45, 7) is 11.2. The first kappa shape index (κ1) is 41.2. The third-order valence-corrected chi connectivity index (χ3v) is 12.3. The van der Waals surface area contributed by atoms with Gasteiger partial charge in [0.05, 0.1) is 48.8 Å². The number of hydrogen-bond acceptors (Lipinski definition) is 10.